The van der Waals surface area contributed by atoms with E-state index < -0.39 is 0 Å². The van der Waals surface area contributed by atoms with Crippen molar-refractivity contribution in [3.8, 4) is 5.75 Å². The number of phenolic OH excluding ortho intramolecular Hbond substituents is 1. The second-order valence-electron chi connectivity index (χ2n) is 6.30. The van der Waals surface area contributed by atoms with Gasteiger partial charge < -0.3 is 15.7 Å². The lowest BCUT2D eigenvalue weighted by Gasteiger charge is -2.33. The quantitative estimate of drug-likeness (QED) is 0.791. The number of rotatable bonds is 4. The van der Waals surface area contributed by atoms with Crippen LogP contribution in [0.3, 0.4) is 0 Å². The van der Waals surface area contributed by atoms with E-state index in [0.717, 1.165) is 18.5 Å². The van der Waals surface area contributed by atoms with Crippen molar-refractivity contribution in [2.45, 2.75) is 57.2 Å². The van der Waals surface area contributed by atoms with E-state index in [-0.39, 0.29) is 0 Å². The van der Waals surface area contributed by atoms with Crippen molar-refractivity contribution >= 4 is 0 Å². The maximum absolute atomic E-state index is 9.32. The van der Waals surface area contributed by atoms with Gasteiger partial charge in [0.15, 0.2) is 0 Å². The van der Waals surface area contributed by atoms with Gasteiger partial charge in [0.05, 0.1) is 0 Å². The van der Waals surface area contributed by atoms with Crippen LogP contribution < -0.4 is 10.6 Å². The molecule has 0 aromatic heterocycles. The molecule has 20 heavy (non-hydrogen) atoms. The molecular weight excluding hydrogens is 248 g/mol. The molecule has 2 aliphatic rings. The number of phenols is 1. The minimum atomic E-state index is 0.346. The summed E-state index contributed by atoms with van der Waals surface area (Å²) in [6.07, 6.45) is 8.11. The molecule has 3 atom stereocenters. The first-order valence-corrected chi connectivity index (χ1v) is 8.07. The second-order valence-corrected chi connectivity index (χ2v) is 6.30. The van der Waals surface area contributed by atoms with E-state index in [0.29, 0.717) is 11.8 Å². The predicted molar refractivity (Wildman–Crippen MR) is 81.7 cm³/mol. The SMILES string of the molecule is Oc1ccc(CNC2CCCC2C2CCCCN2)cc1. The van der Waals surface area contributed by atoms with E-state index in [1.165, 1.54) is 50.6 Å². The summed E-state index contributed by atoms with van der Waals surface area (Å²) in [4.78, 5) is 0. The molecule has 3 unspecified atom stereocenters. The molecule has 2 fully saturated rings. The fourth-order valence-corrected chi connectivity index (χ4v) is 3.83. The molecule has 3 rings (SSSR count). The third-order valence-corrected chi connectivity index (χ3v) is 4.94. The molecule has 0 bridgehead atoms. The molecule has 1 aliphatic carbocycles. The van der Waals surface area contributed by atoms with Gasteiger partial charge in [-0.3, -0.25) is 0 Å². The van der Waals surface area contributed by atoms with Crippen molar-refractivity contribution in [2.75, 3.05) is 6.54 Å². The molecule has 3 heteroatoms. The Labute approximate surface area is 121 Å². The zero-order chi connectivity index (χ0) is 13.8. The minimum absolute atomic E-state index is 0.346. The van der Waals surface area contributed by atoms with Crippen molar-refractivity contribution in [2.24, 2.45) is 5.92 Å². The van der Waals surface area contributed by atoms with Gasteiger partial charge in [-0.05, 0) is 55.8 Å². The summed E-state index contributed by atoms with van der Waals surface area (Å²) in [5, 5.41) is 16.8. The largest absolute Gasteiger partial charge is 0.508 e. The Bertz CT molecular complexity index is 412. The summed E-state index contributed by atoms with van der Waals surface area (Å²) in [6, 6.07) is 8.93. The van der Waals surface area contributed by atoms with Crippen LogP contribution in [0.15, 0.2) is 24.3 Å². The van der Waals surface area contributed by atoms with E-state index in [9.17, 15) is 5.11 Å². The highest BCUT2D eigenvalue weighted by Crippen LogP contribution is 2.31. The lowest BCUT2D eigenvalue weighted by molar-refractivity contribution is 0.257. The fraction of sp³-hybridized carbons (Fsp3) is 0.647. The first-order valence-electron chi connectivity index (χ1n) is 8.07. The minimum Gasteiger partial charge on any atom is -0.508 e. The normalized spacial score (nSPS) is 30.5. The van der Waals surface area contributed by atoms with Crippen molar-refractivity contribution in [3.05, 3.63) is 29.8 Å². The molecule has 0 spiro atoms. The zero-order valence-corrected chi connectivity index (χ0v) is 12.1. The summed E-state index contributed by atoms with van der Waals surface area (Å²) in [7, 11) is 0. The number of hydrogen-bond donors (Lipinski definition) is 3. The van der Waals surface area contributed by atoms with Gasteiger partial charge in [-0.15, -0.1) is 0 Å². The van der Waals surface area contributed by atoms with Crippen LogP contribution in [-0.4, -0.2) is 23.7 Å². The highest BCUT2D eigenvalue weighted by molar-refractivity contribution is 5.25. The summed E-state index contributed by atoms with van der Waals surface area (Å²) in [5.74, 6) is 1.14. The van der Waals surface area contributed by atoms with Gasteiger partial charge in [-0.1, -0.05) is 25.0 Å². The average Bonchev–Trinajstić information content (AvgIpc) is 2.96. The molecular formula is C17H26N2O. The van der Waals surface area contributed by atoms with Crippen LogP contribution in [0.2, 0.25) is 0 Å². The highest BCUT2D eigenvalue weighted by Gasteiger charge is 2.33. The summed E-state index contributed by atoms with van der Waals surface area (Å²) >= 11 is 0. The zero-order valence-electron chi connectivity index (χ0n) is 12.1. The third kappa shape index (κ3) is 3.33. The van der Waals surface area contributed by atoms with Crippen LogP contribution in [0.1, 0.15) is 44.1 Å². The third-order valence-electron chi connectivity index (χ3n) is 4.94. The standard InChI is InChI=1S/C17H26N2O/c20-14-9-7-13(8-10-14)12-19-17-6-3-4-15(17)16-5-1-2-11-18-16/h7-10,15-20H,1-6,11-12H2. The maximum atomic E-state index is 9.32. The van der Waals surface area contributed by atoms with Crippen molar-refractivity contribution in [1.82, 2.24) is 10.6 Å². The van der Waals surface area contributed by atoms with Gasteiger partial charge in [0, 0.05) is 18.6 Å². The van der Waals surface area contributed by atoms with Crippen LogP contribution in [0.25, 0.3) is 0 Å². The molecule has 0 radical (unpaired) electrons. The molecule has 3 nitrogen and oxygen atoms in total. The summed E-state index contributed by atoms with van der Waals surface area (Å²) in [6.45, 7) is 2.11. The molecule has 1 saturated carbocycles. The first kappa shape index (κ1) is 13.9. The van der Waals surface area contributed by atoms with Gasteiger partial charge in [-0.25, -0.2) is 0 Å². The molecule has 3 N–H and O–H groups in total. The predicted octanol–water partition coefficient (Wildman–Crippen LogP) is 2.79. The van der Waals surface area contributed by atoms with E-state index in [1.54, 1.807) is 12.1 Å². The summed E-state index contributed by atoms with van der Waals surface area (Å²) in [5.41, 5.74) is 1.25. The lowest BCUT2D eigenvalue weighted by atomic mass is 9.88. The molecule has 0 amide bonds. The topological polar surface area (TPSA) is 44.3 Å². The smallest absolute Gasteiger partial charge is 0.115 e. The van der Waals surface area contributed by atoms with Crippen molar-refractivity contribution in [3.63, 3.8) is 0 Å². The average molecular weight is 274 g/mol. The Kier molecular flexibility index (Phi) is 4.58. The highest BCUT2D eigenvalue weighted by atomic mass is 16.3. The maximum Gasteiger partial charge on any atom is 0.115 e. The van der Waals surface area contributed by atoms with Crippen molar-refractivity contribution < 1.29 is 5.11 Å². The number of piperidine rings is 1. The van der Waals surface area contributed by atoms with Crippen LogP contribution >= 0.6 is 0 Å². The second kappa shape index (κ2) is 6.59. The van der Waals surface area contributed by atoms with Crippen LogP contribution in [0, 0.1) is 5.92 Å². The molecule has 110 valence electrons. The molecule has 1 aromatic carbocycles. The first-order chi connectivity index (χ1) is 9.83. The Morgan fingerprint density at radius 1 is 1.05 bits per heavy atom. The molecule has 1 saturated heterocycles. The van der Waals surface area contributed by atoms with Gasteiger partial charge in [-0.2, -0.15) is 0 Å². The molecule has 1 aromatic rings. The van der Waals surface area contributed by atoms with Crippen LogP contribution in [-0.2, 0) is 6.54 Å². The number of hydrogen-bond acceptors (Lipinski definition) is 3. The monoisotopic (exact) mass is 274 g/mol. The van der Waals surface area contributed by atoms with E-state index >= 15 is 0 Å². The summed E-state index contributed by atoms with van der Waals surface area (Å²) < 4.78 is 0. The fourth-order valence-electron chi connectivity index (χ4n) is 3.83. The van der Waals surface area contributed by atoms with Crippen LogP contribution in [0.5, 0.6) is 5.75 Å². The Morgan fingerprint density at radius 2 is 1.90 bits per heavy atom. The Morgan fingerprint density at radius 3 is 2.65 bits per heavy atom. The van der Waals surface area contributed by atoms with E-state index in [4.69, 9.17) is 0 Å². The van der Waals surface area contributed by atoms with Gasteiger partial charge in [0.25, 0.3) is 0 Å². The van der Waals surface area contributed by atoms with Gasteiger partial charge in [0.1, 0.15) is 5.75 Å². The molecule has 1 heterocycles. The Hall–Kier alpha value is -1.06. The van der Waals surface area contributed by atoms with E-state index in [2.05, 4.69) is 10.6 Å². The number of aromatic hydroxyl groups is 1. The Balaban J connectivity index is 1.54. The van der Waals surface area contributed by atoms with Gasteiger partial charge >= 0.3 is 0 Å². The van der Waals surface area contributed by atoms with Crippen LogP contribution in [0.4, 0.5) is 0 Å². The number of nitrogens with one attached hydrogen (secondary N) is 2. The van der Waals surface area contributed by atoms with Crippen molar-refractivity contribution in [1.29, 1.82) is 0 Å². The van der Waals surface area contributed by atoms with Gasteiger partial charge in [0.2, 0.25) is 0 Å². The molecule has 1 aliphatic heterocycles. The van der Waals surface area contributed by atoms with E-state index in [1.807, 2.05) is 12.1 Å². The lowest BCUT2D eigenvalue weighted by Crippen LogP contribution is -2.46. The number of benzene rings is 1.